The Morgan fingerprint density at radius 3 is 2.31 bits per heavy atom. The summed E-state index contributed by atoms with van der Waals surface area (Å²) in [5.74, 6) is -0.0471. The van der Waals surface area contributed by atoms with E-state index in [-0.39, 0.29) is 47.2 Å². The summed E-state index contributed by atoms with van der Waals surface area (Å²) in [4.78, 5) is 38.1. The molecule has 2 aromatic carbocycles. The average molecular weight is 504 g/mol. The molecule has 0 saturated heterocycles. The zero-order valence-electron chi connectivity index (χ0n) is 20.8. The summed E-state index contributed by atoms with van der Waals surface area (Å²) in [7, 11) is 1.91. The van der Waals surface area contributed by atoms with E-state index in [1.807, 2.05) is 63.4 Å². The molecule has 8 nitrogen and oxygen atoms in total. The van der Waals surface area contributed by atoms with Gasteiger partial charge in [-0.15, -0.1) is 12.4 Å². The number of nitrogens with two attached hydrogens (primary N) is 1. The molecule has 1 heterocycles. The van der Waals surface area contributed by atoms with Gasteiger partial charge in [-0.25, -0.2) is 14.1 Å². The van der Waals surface area contributed by atoms with Crippen LogP contribution >= 0.6 is 12.4 Å². The first kappa shape index (κ1) is 28.3. The second-order valence-corrected chi connectivity index (χ2v) is 9.05. The van der Waals surface area contributed by atoms with Gasteiger partial charge in [0.1, 0.15) is 5.69 Å². The summed E-state index contributed by atoms with van der Waals surface area (Å²) >= 11 is 0. The largest absolute Gasteiger partial charge is 0.465 e. The molecule has 3 amide bonds. The van der Waals surface area contributed by atoms with Crippen LogP contribution in [0.25, 0.3) is 11.1 Å². The topological polar surface area (TPSA) is 113 Å². The van der Waals surface area contributed by atoms with Crippen LogP contribution in [0, 0.1) is 0 Å². The van der Waals surface area contributed by atoms with E-state index >= 15 is 0 Å². The van der Waals surface area contributed by atoms with Crippen molar-refractivity contribution in [1.82, 2.24) is 14.7 Å². The Hall–Kier alpha value is -2.94. The van der Waals surface area contributed by atoms with Crippen LogP contribution in [-0.2, 0) is 16.0 Å². The smallest absolute Gasteiger partial charge is 0.407 e. The van der Waals surface area contributed by atoms with Crippen LogP contribution in [0.2, 0.25) is 0 Å². The van der Waals surface area contributed by atoms with Crippen molar-refractivity contribution in [2.24, 2.45) is 5.73 Å². The number of nitrogens with zero attached hydrogens (tertiary/aromatic N) is 2. The predicted molar refractivity (Wildman–Crippen MR) is 141 cm³/mol. The molecule has 3 rings (SSSR count). The molecule has 0 spiro atoms. The SMILES string of the molecule is CCN(C(=O)O)[C@@H]1C[C@H](C)[N+](C)(C(C)=O)c2ccc(-c3ccc(CC(=O)NCCN)cc3)cc21.Cl. The Morgan fingerprint density at radius 1 is 1.14 bits per heavy atom. The number of benzene rings is 2. The van der Waals surface area contributed by atoms with Crippen molar-refractivity contribution in [3.8, 4) is 11.1 Å². The van der Waals surface area contributed by atoms with E-state index in [1.165, 1.54) is 4.90 Å². The molecule has 4 N–H and O–H groups in total. The first-order chi connectivity index (χ1) is 16.1. The number of carbonyl (C=O) groups is 3. The monoisotopic (exact) mass is 503 g/mol. The fourth-order valence-corrected chi connectivity index (χ4v) is 4.86. The van der Waals surface area contributed by atoms with Crippen molar-refractivity contribution < 1.29 is 19.5 Å². The van der Waals surface area contributed by atoms with Crippen molar-refractivity contribution >= 4 is 36.0 Å². The van der Waals surface area contributed by atoms with E-state index in [0.29, 0.717) is 26.1 Å². The molecule has 0 saturated carbocycles. The fraction of sp³-hybridized carbons (Fsp3) is 0.423. The van der Waals surface area contributed by atoms with E-state index in [2.05, 4.69) is 5.32 Å². The summed E-state index contributed by atoms with van der Waals surface area (Å²) in [5, 5.41) is 12.6. The third-order valence-electron chi connectivity index (χ3n) is 7.07. The highest BCUT2D eigenvalue weighted by Gasteiger charge is 2.47. The van der Waals surface area contributed by atoms with Gasteiger partial charge in [-0.3, -0.25) is 4.79 Å². The number of hydrogen-bond acceptors (Lipinski definition) is 4. The number of amides is 3. The number of carboxylic acid groups (broad SMARTS) is 1. The van der Waals surface area contributed by atoms with Crippen LogP contribution in [0.15, 0.2) is 42.5 Å². The summed E-state index contributed by atoms with van der Waals surface area (Å²) in [6.07, 6.45) is -0.126. The van der Waals surface area contributed by atoms with Gasteiger partial charge in [0.05, 0.1) is 32.5 Å². The molecule has 9 heteroatoms. The molecule has 1 aliphatic heterocycles. The summed E-state index contributed by atoms with van der Waals surface area (Å²) in [5.41, 5.74) is 9.93. The number of halogens is 1. The lowest BCUT2D eigenvalue weighted by Crippen LogP contribution is -2.60. The number of fused-ring (bicyclic) bond motifs is 1. The zero-order chi connectivity index (χ0) is 25.0. The van der Waals surface area contributed by atoms with Gasteiger partial charge in [0.2, 0.25) is 5.91 Å². The molecule has 3 atom stereocenters. The number of hydrogen-bond donors (Lipinski definition) is 3. The maximum Gasteiger partial charge on any atom is 0.407 e. The summed E-state index contributed by atoms with van der Waals surface area (Å²) in [6, 6.07) is 13.3. The van der Waals surface area contributed by atoms with Crippen molar-refractivity contribution in [3.63, 3.8) is 0 Å². The highest BCUT2D eigenvalue weighted by molar-refractivity contribution is 5.89. The summed E-state index contributed by atoms with van der Waals surface area (Å²) in [6.45, 7) is 6.64. The minimum Gasteiger partial charge on any atom is -0.465 e. The second-order valence-electron chi connectivity index (χ2n) is 9.05. The van der Waals surface area contributed by atoms with Crippen LogP contribution in [0.3, 0.4) is 0 Å². The molecule has 35 heavy (non-hydrogen) atoms. The Labute approximate surface area is 213 Å². The highest BCUT2D eigenvalue weighted by atomic mass is 35.5. The maximum absolute atomic E-state index is 12.7. The van der Waals surface area contributed by atoms with E-state index < -0.39 is 6.09 Å². The number of rotatable bonds is 7. The van der Waals surface area contributed by atoms with Gasteiger partial charge >= 0.3 is 12.0 Å². The van der Waals surface area contributed by atoms with Crippen molar-refractivity contribution in [3.05, 3.63) is 53.6 Å². The highest BCUT2D eigenvalue weighted by Crippen LogP contribution is 2.45. The first-order valence-electron chi connectivity index (χ1n) is 11.7. The first-order valence-corrected chi connectivity index (χ1v) is 11.7. The second kappa shape index (κ2) is 11.7. The molecule has 0 fully saturated rings. The molecule has 0 bridgehead atoms. The molecular weight excluding hydrogens is 468 g/mol. The molecule has 0 aromatic heterocycles. The number of nitrogens with one attached hydrogen (secondary N) is 1. The van der Waals surface area contributed by atoms with E-state index in [0.717, 1.165) is 27.9 Å². The van der Waals surface area contributed by atoms with Crippen LogP contribution in [0.4, 0.5) is 10.5 Å². The number of carbonyl (C=O) groups excluding carboxylic acids is 2. The Kier molecular flexibility index (Phi) is 9.43. The van der Waals surface area contributed by atoms with Crippen molar-refractivity contribution in [1.29, 1.82) is 0 Å². The molecular formula is C26H36ClN4O4+. The number of quaternary nitrogens is 1. The van der Waals surface area contributed by atoms with Crippen molar-refractivity contribution in [2.45, 2.75) is 45.7 Å². The molecule has 0 aliphatic carbocycles. The molecule has 190 valence electrons. The van der Waals surface area contributed by atoms with Crippen LogP contribution < -0.4 is 15.5 Å². The molecule has 2 aromatic rings. The minimum atomic E-state index is -0.966. The van der Waals surface area contributed by atoms with E-state index in [4.69, 9.17) is 5.73 Å². The quantitative estimate of drug-likeness (QED) is 0.498. The van der Waals surface area contributed by atoms with Crippen LogP contribution in [0.5, 0.6) is 0 Å². The minimum absolute atomic E-state index is 0. The third kappa shape index (κ3) is 5.66. The Bertz CT molecular complexity index is 1080. The van der Waals surface area contributed by atoms with E-state index in [1.54, 1.807) is 6.92 Å². The van der Waals surface area contributed by atoms with Gasteiger partial charge in [0, 0.05) is 37.7 Å². The van der Waals surface area contributed by atoms with Crippen LogP contribution in [0.1, 0.15) is 44.4 Å². The van der Waals surface area contributed by atoms with Gasteiger partial charge in [0.25, 0.3) is 0 Å². The lowest BCUT2D eigenvalue weighted by atomic mass is 9.86. The predicted octanol–water partition coefficient (Wildman–Crippen LogP) is 3.71. The Morgan fingerprint density at radius 2 is 1.77 bits per heavy atom. The molecule has 0 radical (unpaired) electrons. The van der Waals surface area contributed by atoms with Gasteiger partial charge in [-0.1, -0.05) is 24.3 Å². The Balaban J connectivity index is 0.00000432. The standard InChI is InChI=1S/C26H34N4O4.ClH/c1-5-29(26(33)34)23-14-17(2)30(4,18(3)31)24-11-10-21(16-22(23)24)20-8-6-19(7-9-20)15-25(32)28-13-12-27;/h6-11,16-17,23H,5,12-15,27H2,1-4H3,(H-,28,32,33,34);1H/p+1/t17-,23+,30?;/m0./s1. The zero-order valence-corrected chi connectivity index (χ0v) is 21.6. The molecule has 1 unspecified atom stereocenters. The van der Waals surface area contributed by atoms with Crippen molar-refractivity contribution in [2.75, 3.05) is 26.7 Å². The molecule has 1 aliphatic rings. The average Bonchev–Trinajstić information content (AvgIpc) is 2.81. The van der Waals surface area contributed by atoms with Gasteiger partial charge in [-0.2, -0.15) is 0 Å². The normalized spacial score (nSPS) is 20.8. The van der Waals surface area contributed by atoms with Crippen LogP contribution in [-0.4, -0.2) is 60.6 Å². The van der Waals surface area contributed by atoms with Gasteiger partial charge < -0.3 is 21.1 Å². The third-order valence-corrected chi connectivity index (χ3v) is 7.07. The lowest BCUT2D eigenvalue weighted by Gasteiger charge is -2.45. The van der Waals surface area contributed by atoms with E-state index in [9.17, 15) is 19.5 Å². The van der Waals surface area contributed by atoms with Gasteiger partial charge in [0.15, 0.2) is 0 Å². The fourth-order valence-electron chi connectivity index (χ4n) is 4.86. The lowest BCUT2D eigenvalue weighted by molar-refractivity contribution is -0.129. The maximum atomic E-state index is 12.7. The van der Waals surface area contributed by atoms with Gasteiger partial charge in [-0.05, 0) is 42.7 Å². The summed E-state index contributed by atoms with van der Waals surface area (Å²) < 4.78 is 0.139.